The number of nitrogens with one attached hydrogen (secondary N) is 3. The second kappa shape index (κ2) is 17.8. The molecule has 0 saturated carbocycles. The molecule has 3 aliphatic heterocycles. The Morgan fingerprint density at radius 1 is 1.05 bits per heavy atom. The Labute approximate surface area is 377 Å². The van der Waals surface area contributed by atoms with Gasteiger partial charge in [0, 0.05) is 84.8 Å². The molecule has 5 heterocycles. The van der Waals surface area contributed by atoms with Crippen LogP contribution >= 0.6 is 11.6 Å². The molecule has 17 heteroatoms. The van der Waals surface area contributed by atoms with Crippen LogP contribution in [-0.2, 0) is 19.5 Å². The van der Waals surface area contributed by atoms with Crippen molar-refractivity contribution < 1.29 is 32.3 Å². The maximum atomic E-state index is 14.2. The van der Waals surface area contributed by atoms with Crippen LogP contribution in [0, 0.1) is 15.5 Å². The molecule has 0 bridgehead atoms. The van der Waals surface area contributed by atoms with Crippen molar-refractivity contribution in [2.24, 2.45) is 5.41 Å². The zero-order chi connectivity index (χ0) is 44.8. The molecule has 3 aromatic carbocycles. The van der Waals surface area contributed by atoms with Gasteiger partial charge in [-0.05, 0) is 89.4 Å². The number of anilines is 2. The highest BCUT2D eigenvalue weighted by Gasteiger charge is 2.36. The highest BCUT2D eigenvalue weighted by atomic mass is 35.5. The van der Waals surface area contributed by atoms with Crippen molar-refractivity contribution in [1.29, 1.82) is 0 Å². The van der Waals surface area contributed by atoms with Crippen molar-refractivity contribution in [1.82, 2.24) is 19.6 Å². The van der Waals surface area contributed by atoms with Gasteiger partial charge in [-0.3, -0.25) is 19.8 Å². The summed E-state index contributed by atoms with van der Waals surface area (Å²) < 4.78 is 47.3. The first kappa shape index (κ1) is 43.7. The number of pyridine rings is 1. The van der Waals surface area contributed by atoms with Gasteiger partial charge in [0.15, 0.2) is 11.4 Å². The third kappa shape index (κ3) is 9.20. The van der Waals surface area contributed by atoms with E-state index >= 15 is 0 Å². The summed E-state index contributed by atoms with van der Waals surface area (Å²) in [5, 5.41) is 17.0. The summed E-state index contributed by atoms with van der Waals surface area (Å²) in [4.78, 5) is 37.9. The van der Waals surface area contributed by atoms with E-state index in [9.17, 15) is 23.3 Å². The second-order valence-corrected chi connectivity index (χ2v) is 20.0. The van der Waals surface area contributed by atoms with E-state index in [2.05, 4.69) is 55.8 Å². The minimum atomic E-state index is -4.64. The van der Waals surface area contributed by atoms with Crippen LogP contribution in [0.3, 0.4) is 0 Å². The average Bonchev–Trinajstić information content (AvgIpc) is 3.77. The zero-order valence-electron chi connectivity index (χ0n) is 36.1. The minimum absolute atomic E-state index is 0.0252. The number of sulfonamides is 1. The standard InChI is InChI=1S/C47H52ClN7O8S/c1-29(33-20-31-11-13-49-45(31)50-25-33)38-21-35(54-16-14-53(15-17-54)26-32-10-12-47(2,3)24-39(32)30-4-6-34(48)7-5-30)8-9-37(38)46(56)52-64(59,60)36-22-41(55(57)58)44-42(23-36)63-27-40(51-44)43-28-61-18-19-62-43/h4-9,11,13,20-23,25,29,40,43,51H,10,12,14-19,24,26-28H2,1-3H3,(H,49,50)(H,52,56). The van der Waals surface area contributed by atoms with E-state index in [-0.39, 0.29) is 41.5 Å². The number of benzene rings is 3. The topological polar surface area (TPSA) is 181 Å². The molecule has 1 amide bonds. The Kier molecular flexibility index (Phi) is 12.2. The number of piperazine rings is 1. The minimum Gasteiger partial charge on any atom is -0.489 e. The Morgan fingerprint density at radius 3 is 2.59 bits per heavy atom. The van der Waals surface area contributed by atoms with E-state index in [4.69, 9.17) is 25.8 Å². The number of nitrogens with zero attached hydrogens (tertiary/aromatic N) is 4. The van der Waals surface area contributed by atoms with Crippen molar-refractivity contribution in [3.8, 4) is 5.75 Å². The van der Waals surface area contributed by atoms with Crippen molar-refractivity contribution in [3.05, 3.63) is 122 Å². The molecule has 2 fully saturated rings. The van der Waals surface area contributed by atoms with Gasteiger partial charge in [0.25, 0.3) is 21.6 Å². The third-order valence-electron chi connectivity index (χ3n) is 13.0. The van der Waals surface area contributed by atoms with Gasteiger partial charge in [-0.15, -0.1) is 0 Å². The normalized spacial score (nSPS) is 20.8. The molecule has 64 heavy (non-hydrogen) atoms. The number of halogens is 1. The molecule has 3 unspecified atom stereocenters. The molecule has 2 saturated heterocycles. The number of hydrogen-bond donors (Lipinski definition) is 3. The quantitative estimate of drug-likeness (QED) is 0.0867. The number of H-pyrrole nitrogens is 1. The Hall–Kier alpha value is -5.52. The summed E-state index contributed by atoms with van der Waals surface area (Å²) in [5.74, 6) is -1.27. The van der Waals surface area contributed by atoms with Gasteiger partial charge < -0.3 is 29.4 Å². The molecule has 1 aliphatic carbocycles. The molecular formula is C47H52ClN7O8S. The number of carbonyl (C=O) groups excluding carboxylic acids is 1. The van der Waals surface area contributed by atoms with Crippen molar-refractivity contribution in [3.63, 3.8) is 0 Å². The van der Waals surface area contributed by atoms with Gasteiger partial charge >= 0.3 is 0 Å². The number of nitro groups is 1. The van der Waals surface area contributed by atoms with Crippen LogP contribution in [0.5, 0.6) is 5.75 Å². The predicted molar refractivity (Wildman–Crippen MR) is 246 cm³/mol. The molecule has 15 nitrogen and oxygen atoms in total. The summed E-state index contributed by atoms with van der Waals surface area (Å²) in [5.41, 5.74) is 7.11. The van der Waals surface area contributed by atoms with Gasteiger partial charge in [-0.2, -0.15) is 0 Å². The van der Waals surface area contributed by atoms with E-state index in [1.807, 2.05) is 49.5 Å². The number of aromatic nitrogens is 2. The van der Waals surface area contributed by atoms with Crippen molar-refractivity contribution in [2.75, 3.05) is 69.4 Å². The zero-order valence-corrected chi connectivity index (χ0v) is 37.6. The maximum Gasteiger partial charge on any atom is 0.297 e. The Morgan fingerprint density at radius 2 is 1.84 bits per heavy atom. The first-order valence-electron chi connectivity index (χ1n) is 21.7. The van der Waals surface area contributed by atoms with Gasteiger partial charge in [-0.1, -0.05) is 50.1 Å². The number of fused-ring (bicyclic) bond motifs is 2. The Balaban J connectivity index is 0.965. The lowest BCUT2D eigenvalue weighted by molar-refractivity contribution is -0.384. The summed E-state index contributed by atoms with van der Waals surface area (Å²) in [6.07, 6.45) is 6.36. The summed E-state index contributed by atoms with van der Waals surface area (Å²) in [7, 11) is -4.64. The summed E-state index contributed by atoms with van der Waals surface area (Å²) >= 11 is 6.26. The second-order valence-electron chi connectivity index (χ2n) is 17.9. The SMILES string of the molecule is CC(c1cnc2[nH]ccc2c1)c1cc(N2CCN(CC3=C(c4ccc(Cl)cc4)CC(C)(C)CC3)CC2)ccc1C(=O)NS(=O)(=O)c1cc2c(c([N+](=O)[O-])c1)NC(C1COCCO1)CO2. The number of carbonyl (C=O) groups is 1. The number of nitro benzene ring substituents is 1. The summed E-state index contributed by atoms with van der Waals surface area (Å²) in [6.45, 7) is 11.9. The van der Waals surface area contributed by atoms with Crippen LogP contribution in [0.1, 0.15) is 73.0 Å². The lowest BCUT2D eigenvalue weighted by Crippen LogP contribution is -2.47. The van der Waals surface area contributed by atoms with Crippen LogP contribution < -0.4 is 19.7 Å². The number of ether oxygens (including phenoxy) is 3. The number of rotatable bonds is 11. The lowest BCUT2D eigenvalue weighted by Gasteiger charge is -2.39. The van der Waals surface area contributed by atoms with Crippen molar-refractivity contribution in [2.45, 2.75) is 63.0 Å². The molecule has 0 spiro atoms. The molecular weight excluding hydrogens is 858 g/mol. The molecule has 3 atom stereocenters. The molecule has 5 aromatic rings. The first-order valence-corrected chi connectivity index (χ1v) is 23.6. The molecule has 2 aromatic heterocycles. The Bertz CT molecular complexity index is 2730. The number of aromatic amines is 1. The average molecular weight is 910 g/mol. The molecule has 4 aliphatic rings. The van der Waals surface area contributed by atoms with Gasteiger partial charge in [-0.25, -0.2) is 18.1 Å². The fourth-order valence-electron chi connectivity index (χ4n) is 9.30. The van der Waals surface area contributed by atoms with E-state index in [1.165, 1.54) is 22.8 Å². The van der Waals surface area contributed by atoms with Crippen LogP contribution in [0.15, 0.2) is 89.6 Å². The number of hydrogen-bond acceptors (Lipinski definition) is 12. The van der Waals surface area contributed by atoms with E-state index in [0.717, 1.165) is 85.4 Å². The van der Waals surface area contributed by atoms with Gasteiger partial charge in [0.2, 0.25) is 0 Å². The van der Waals surface area contributed by atoms with Crippen LogP contribution in [0.25, 0.3) is 16.6 Å². The highest BCUT2D eigenvalue weighted by Crippen LogP contribution is 2.44. The van der Waals surface area contributed by atoms with Crippen molar-refractivity contribution >= 4 is 61.2 Å². The monoisotopic (exact) mass is 909 g/mol. The van der Waals surface area contributed by atoms with E-state index in [1.54, 1.807) is 12.3 Å². The maximum absolute atomic E-state index is 14.2. The van der Waals surface area contributed by atoms with Gasteiger partial charge in [0.05, 0.1) is 35.7 Å². The molecule has 0 radical (unpaired) electrons. The smallest absolute Gasteiger partial charge is 0.297 e. The van der Waals surface area contributed by atoms with E-state index < -0.39 is 43.6 Å². The number of amides is 1. The van der Waals surface area contributed by atoms with Crippen LogP contribution in [0.2, 0.25) is 5.02 Å². The molecule has 336 valence electrons. The van der Waals surface area contributed by atoms with Crippen LogP contribution in [0.4, 0.5) is 17.1 Å². The summed E-state index contributed by atoms with van der Waals surface area (Å²) in [6, 6.07) is 19.3. The highest BCUT2D eigenvalue weighted by molar-refractivity contribution is 7.90. The van der Waals surface area contributed by atoms with E-state index in [0.29, 0.717) is 18.8 Å². The third-order valence-corrected chi connectivity index (χ3v) is 14.6. The molecule has 3 N–H and O–H groups in total. The molecule has 9 rings (SSSR count). The predicted octanol–water partition coefficient (Wildman–Crippen LogP) is 7.77. The fraction of sp³-hybridized carbons (Fsp3) is 0.404. The van der Waals surface area contributed by atoms with Crippen LogP contribution in [-0.4, -0.2) is 105 Å². The fourth-order valence-corrected chi connectivity index (χ4v) is 10.4. The number of allylic oxidation sites excluding steroid dienone is 1. The van der Waals surface area contributed by atoms with Gasteiger partial charge in [0.1, 0.15) is 18.4 Å². The largest absolute Gasteiger partial charge is 0.489 e. The lowest BCUT2D eigenvalue weighted by atomic mass is 9.72. The first-order chi connectivity index (χ1) is 30.7.